The van der Waals surface area contributed by atoms with Gasteiger partial charge < -0.3 is 44.6 Å². The third-order valence-electron chi connectivity index (χ3n) is 6.33. The number of hydrogen-bond acceptors (Lipinski definition) is 11. The number of nitrogens with zero attached hydrogens (tertiary/aromatic N) is 4. The summed E-state index contributed by atoms with van der Waals surface area (Å²) >= 11 is 6.12. The lowest BCUT2D eigenvalue weighted by Gasteiger charge is -2.30. The lowest BCUT2D eigenvalue weighted by atomic mass is 10.1. The molecule has 3 heterocycles. The average Bonchev–Trinajstić information content (AvgIpc) is 3.52. The summed E-state index contributed by atoms with van der Waals surface area (Å²) in [6, 6.07) is 0.217. The number of rotatable bonds is 10. The van der Waals surface area contributed by atoms with Crippen LogP contribution in [0.2, 0.25) is 5.28 Å². The summed E-state index contributed by atoms with van der Waals surface area (Å²) in [5.41, 5.74) is 0.211. The molecule has 0 radical (unpaired) electrons. The Labute approximate surface area is 209 Å². The van der Waals surface area contributed by atoms with Crippen molar-refractivity contribution in [2.45, 2.75) is 61.6 Å². The number of carbonyl (C=O) groups is 1. The smallest absolute Gasteiger partial charge is 0.371 e. The molecule has 2 aliphatic rings. The molecule has 0 bridgehead atoms. The highest BCUT2D eigenvalue weighted by Gasteiger charge is 2.57. The predicted octanol–water partition coefficient (Wildman–Crippen LogP) is 0.0750. The SMILES string of the molecule is COC[C@](OC[C@@H]1O[C@H](n2ncc3c(NC4CCCC4)nc(Cl)nc32)[C@@H](O)[C@H]1O)(C(=O)O)P(=O)(O)O. The van der Waals surface area contributed by atoms with Gasteiger partial charge in [-0.25, -0.2) is 9.48 Å². The Morgan fingerprint density at radius 2 is 2.00 bits per heavy atom. The predicted molar refractivity (Wildman–Crippen MR) is 122 cm³/mol. The molecule has 2 aromatic heterocycles. The molecule has 1 aliphatic heterocycles. The molecule has 5 atom stereocenters. The average molecular weight is 552 g/mol. The van der Waals surface area contributed by atoms with Gasteiger partial charge in [0.25, 0.3) is 5.34 Å². The van der Waals surface area contributed by atoms with Crippen molar-refractivity contribution in [2.24, 2.45) is 0 Å². The monoisotopic (exact) mass is 551 g/mol. The van der Waals surface area contributed by atoms with Crippen molar-refractivity contribution in [1.82, 2.24) is 19.7 Å². The summed E-state index contributed by atoms with van der Waals surface area (Å²) < 4.78 is 28.6. The van der Waals surface area contributed by atoms with Crippen LogP contribution in [-0.4, -0.2) is 101 Å². The summed E-state index contributed by atoms with van der Waals surface area (Å²) in [7, 11) is -4.35. The number of aromatic nitrogens is 4. The fraction of sp³-hybridized carbons (Fsp3) is 0.684. The van der Waals surface area contributed by atoms with E-state index in [1.807, 2.05) is 0 Å². The van der Waals surface area contributed by atoms with Crippen LogP contribution >= 0.6 is 19.2 Å². The minimum atomic E-state index is -5.39. The number of aliphatic carboxylic acids is 1. The number of anilines is 1. The zero-order chi connectivity index (χ0) is 26.3. The minimum Gasteiger partial charge on any atom is -0.479 e. The second-order valence-corrected chi connectivity index (χ2v) is 10.9. The third kappa shape index (κ3) is 4.95. The van der Waals surface area contributed by atoms with Gasteiger partial charge in [-0.1, -0.05) is 12.8 Å². The van der Waals surface area contributed by atoms with E-state index in [2.05, 4.69) is 25.1 Å². The van der Waals surface area contributed by atoms with E-state index in [0.29, 0.717) is 11.2 Å². The van der Waals surface area contributed by atoms with Gasteiger partial charge in [0.15, 0.2) is 11.9 Å². The van der Waals surface area contributed by atoms with Crippen LogP contribution < -0.4 is 5.32 Å². The van der Waals surface area contributed by atoms with Crippen LogP contribution in [-0.2, 0) is 23.6 Å². The fourth-order valence-corrected chi connectivity index (χ4v) is 5.36. The first kappa shape index (κ1) is 27.1. The maximum absolute atomic E-state index is 11.9. The molecule has 2 fully saturated rings. The van der Waals surface area contributed by atoms with Gasteiger partial charge in [0.2, 0.25) is 5.28 Å². The van der Waals surface area contributed by atoms with Crippen LogP contribution in [0.4, 0.5) is 5.82 Å². The van der Waals surface area contributed by atoms with E-state index in [0.717, 1.165) is 32.8 Å². The van der Waals surface area contributed by atoms with Crippen molar-refractivity contribution in [3.05, 3.63) is 11.5 Å². The van der Waals surface area contributed by atoms with Crippen LogP contribution in [0.25, 0.3) is 11.0 Å². The van der Waals surface area contributed by atoms with Crippen LogP contribution in [0, 0.1) is 0 Å². The molecule has 4 rings (SSSR count). The molecule has 1 saturated heterocycles. The Morgan fingerprint density at radius 1 is 1.31 bits per heavy atom. The Kier molecular flexibility index (Phi) is 7.86. The zero-order valence-corrected chi connectivity index (χ0v) is 20.7. The van der Waals surface area contributed by atoms with Gasteiger partial charge in [0.1, 0.15) is 24.1 Å². The molecule has 0 aromatic carbocycles. The van der Waals surface area contributed by atoms with Crippen molar-refractivity contribution < 1.29 is 48.7 Å². The molecule has 36 heavy (non-hydrogen) atoms. The summed E-state index contributed by atoms with van der Waals surface area (Å²) in [6.07, 6.45) is -0.261. The van der Waals surface area contributed by atoms with Gasteiger partial charge in [-0.05, 0) is 24.4 Å². The van der Waals surface area contributed by atoms with Gasteiger partial charge in [-0.2, -0.15) is 15.1 Å². The van der Waals surface area contributed by atoms with E-state index in [4.69, 9.17) is 21.1 Å². The Morgan fingerprint density at radius 3 is 2.61 bits per heavy atom. The second kappa shape index (κ2) is 10.4. The number of fused-ring (bicyclic) bond motifs is 1. The van der Waals surface area contributed by atoms with E-state index in [1.165, 1.54) is 10.9 Å². The standard InChI is InChI=1S/C19H27ClN5O10P/c1-33-8-19(17(28)29,36(30,31)32)34-7-11-12(26)13(27)16(35-11)25-15-10(6-21-25)14(23-18(20)24-15)22-9-4-2-3-5-9/h6,9,11-13,16,26-27H,2-5,7-8H2,1H3,(H,28,29)(H,22,23,24)(H2,30,31,32)/t11-,12-,13-,16-,19+/m0/s1. The first-order valence-corrected chi connectivity index (χ1v) is 13.1. The summed E-state index contributed by atoms with van der Waals surface area (Å²) in [5.74, 6) is -1.50. The van der Waals surface area contributed by atoms with Crippen molar-refractivity contribution in [3.63, 3.8) is 0 Å². The maximum atomic E-state index is 11.9. The zero-order valence-electron chi connectivity index (χ0n) is 19.1. The molecular weight excluding hydrogens is 525 g/mol. The number of hydrogen-bond donors (Lipinski definition) is 6. The molecule has 1 aliphatic carbocycles. The molecule has 0 unspecified atom stereocenters. The first-order valence-electron chi connectivity index (χ1n) is 11.1. The fourth-order valence-electron chi connectivity index (χ4n) is 4.40. The number of aliphatic hydroxyl groups is 2. The highest BCUT2D eigenvalue weighted by atomic mass is 35.5. The number of aliphatic hydroxyl groups excluding tert-OH is 2. The van der Waals surface area contributed by atoms with Crippen molar-refractivity contribution in [3.8, 4) is 0 Å². The molecule has 200 valence electrons. The lowest BCUT2D eigenvalue weighted by molar-refractivity contribution is -0.169. The number of halogens is 1. The van der Waals surface area contributed by atoms with Crippen molar-refractivity contribution in [1.29, 1.82) is 0 Å². The number of methoxy groups -OCH3 is 1. The van der Waals surface area contributed by atoms with Crippen molar-refractivity contribution in [2.75, 3.05) is 25.6 Å². The van der Waals surface area contributed by atoms with Crippen LogP contribution in [0.1, 0.15) is 31.9 Å². The van der Waals surface area contributed by atoms with Crippen LogP contribution in [0.5, 0.6) is 0 Å². The van der Waals surface area contributed by atoms with Crippen molar-refractivity contribution >= 4 is 42.0 Å². The highest BCUT2D eigenvalue weighted by molar-refractivity contribution is 7.54. The van der Waals surface area contributed by atoms with Crippen LogP contribution in [0.15, 0.2) is 6.20 Å². The molecule has 1 saturated carbocycles. The van der Waals surface area contributed by atoms with Gasteiger partial charge in [-0.15, -0.1) is 0 Å². The number of carboxylic acid groups (broad SMARTS) is 1. The van der Waals surface area contributed by atoms with Gasteiger partial charge in [-0.3, -0.25) is 4.57 Å². The number of ether oxygens (including phenoxy) is 3. The maximum Gasteiger partial charge on any atom is 0.371 e. The Bertz CT molecular complexity index is 1160. The Hall–Kier alpha value is -1.94. The first-order chi connectivity index (χ1) is 17.0. The normalized spacial score (nSPS) is 26.9. The molecule has 6 N–H and O–H groups in total. The van der Waals surface area contributed by atoms with E-state index >= 15 is 0 Å². The van der Waals surface area contributed by atoms with Crippen LogP contribution in [0.3, 0.4) is 0 Å². The molecule has 17 heteroatoms. The molecular formula is C19H27ClN5O10P. The largest absolute Gasteiger partial charge is 0.479 e. The number of nitrogens with one attached hydrogen (secondary N) is 1. The molecule has 0 amide bonds. The summed E-state index contributed by atoms with van der Waals surface area (Å²) in [6.45, 7) is -1.77. The molecule has 2 aromatic rings. The lowest BCUT2D eigenvalue weighted by Crippen LogP contribution is -2.48. The van der Waals surface area contributed by atoms with E-state index in [1.54, 1.807) is 0 Å². The highest BCUT2D eigenvalue weighted by Crippen LogP contribution is 2.52. The van der Waals surface area contributed by atoms with E-state index in [-0.39, 0.29) is 17.0 Å². The topological polar surface area (TPSA) is 219 Å². The Balaban J connectivity index is 1.57. The van der Waals surface area contributed by atoms with Gasteiger partial charge in [0.05, 0.1) is 24.8 Å². The second-order valence-electron chi connectivity index (χ2n) is 8.72. The van der Waals surface area contributed by atoms with Gasteiger partial charge in [0, 0.05) is 13.2 Å². The summed E-state index contributed by atoms with van der Waals surface area (Å²) in [4.78, 5) is 39.4. The molecule has 0 spiro atoms. The quantitative estimate of drug-likeness (QED) is 0.170. The number of carboxylic acids is 1. The van der Waals surface area contributed by atoms with E-state index < -0.39 is 56.7 Å². The molecule has 15 nitrogen and oxygen atoms in total. The van der Waals surface area contributed by atoms with Gasteiger partial charge >= 0.3 is 13.6 Å². The van der Waals surface area contributed by atoms with E-state index in [9.17, 15) is 34.5 Å². The third-order valence-corrected chi connectivity index (χ3v) is 7.89. The summed E-state index contributed by atoms with van der Waals surface area (Å²) in [5, 5.41) is 35.6. The minimum absolute atomic E-state index is 0.0786.